The van der Waals surface area contributed by atoms with Gasteiger partial charge in [-0.3, -0.25) is 9.69 Å². The van der Waals surface area contributed by atoms with Gasteiger partial charge in [0.25, 0.3) is 5.91 Å². The molecule has 9 heteroatoms. The Morgan fingerprint density at radius 1 is 1.09 bits per heavy atom. The molecule has 1 atom stereocenters. The van der Waals surface area contributed by atoms with Gasteiger partial charge in [-0.25, -0.2) is 0 Å². The third kappa shape index (κ3) is 4.19. The molecular weight excluding hydrogens is 475 g/mol. The minimum atomic E-state index is -4.72. The molecule has 4 rings (SSSR count). The summed E-state index contributed by atoms with van der Waals surface area (Å²) in [4.78, 5) is 16.3. The van der Waals surface area contributed by atoms with E-state index >= 15 is 0 Å². The van der Waals surface area contributed by atoms with Crippen LogP contribution < -0.4 is 4.90 Å². The largest absolute Gasteiger partial charge is 0.508 e. The monoisotopic (exact) mass is 497 g/mol. The number of anilines is 1. The van der Waals surface area contributed by atoms with Gasteiger partial charge in [0.1, 0.15) is 11.3 Å². The number of rotatable bonds is 3. The van der Waals surface area contributed by atoms with Crippen molar-refractivity contribution in [3.63, 3.8) is 0 Å². The van der Waals surface area contributed by atoms with E-state index in [4.69, 9.17) is 12.2 Å². The Labute approximate surface area is 206 Å². The van der Waals surface area contributed by atoms with E-state index in [9.17, 15) is 28.3 Å². The van der Waals surface area contributed by atoms with Gasteiger partial charge in [0, 0.05) is 22.9 Å². The van der Waals surface area contributed by atoms with E-state index < -0.39 is 29.1 Å². The Morgan fingerprint density at radius 3 is 2.14 bits per heavy atom. The quantitative estimate of drug-likeness (QED) is 0.521. The first-order chi connectivity index (χ1) is 16.4. The van der Waals surface area contributed by atoms with Crippen molar-refractivity contribution in [2.24, 2.45) is 5.92 Å². The molecule has 0 radical (unpaired) electrons. The van der Waals surface area contributed by atoms with Crippen molar-refractivity contribution in [2.45, 2.75) is 38.9 Å². The Hall–Kier alpha value is -3.64. The first-order valence-corrected chi connectivity index (χ1v) is 11.3. The number of amides is 1. The molecule has 1 fully saturated rings. The number of nitrogens with zero attached hydrogens (tertiary/aromatic N) is 3. The molecular formula is C26H22F3N3O2S. The average molecular weight is 498 g/mol. The Morgan fingerprint density at radius 2 is 1.63 bits per heavy atom. The van der Waals surface area contributed by atoms with E-state index in [0.29, 0.717) is 5.69 Å². The Balaban J connectivity index is 1.72. The fraction of sp³-hybridized carbons (Fsp3) is 0.269. The van der Waals surface area contributed by atoms with Gasteiger partial charge < -0.3 is 10.0 Å². The predicted octanol–water partition coefficient (Wildman–Crippen LogP) is 6.08. The molecule has 1 heterocycles. The van der Waals surface area contributed by atoms with Gasteiger partial charge in [-0.05, 0) is 74.0 Å². The number of nitriles is 1. The number of phenolic OH excluding ortho intramolecular Hbond substituents is 1. The van der Waals surface area contributed by atoms with Crippen molar-refractivity contribution in [1.29, 1.82) is 5.26 Å². The third-order valence-corrected chi connectivity index (χ3v) is 6.69. The molecule has 1 N–H and O–H groups in total. The molecule has 180 valence electrons. The minimum absolute atomic E-state index is 0.0809. The molecule has 0 bridgehead atoms. The van der Waals surface area contributed by atoms with E-state index in [-0.39, 0.29) is 28.6 Å². The zero-order chi connectivity index (χ0) is 25.7. The molecule has 5 nitrogen and oxygen atoms in total. The van der Waals surface area contributed by atoms with Gasteiger partial charge in [-0.2, -0.15) is 18.4 Å². The summed E-state index contributed by atoms with van der Waals surface area (Å²) in [5, 5.41) is 18.8. The standard InChI is InChI=1S/C26H22F3N3O2S/c1-15-12-18(14-30)21(26(27,28)29)13-22(15)31-23(34)25(2,3)32(24(31)35)19-8-4-16(5-9-19)17-6-10-20(33)11-7-17/h4-11,13,15,33H,12H2,1-3H3. The molecule has 35 heavy (non-hydrogen) atoms. The fourth-order valence-corrected chi connectivity index (χ4v) is 4.98. The zero-order valence-electron chi connectivity index (χ0n) is 19.2. The fourth-order valence-electron chi connectivity index (χ4n) is 4.45. The SMILES string of the molecule is CC1CC(C#N)=C(C(F)(F)F)C=C1N1C(=O)C(C)(C)N(c2ccc(-c3ccc(O)cc3)cc2)C1=S. The highest BCUT2D eigenvalue weighted by molar-refractivity contribution is 7.80. The van der Waals surface area contributed by atoms with Crippen LogP contribution in [-0.4, -0.2) is 32.7 Å². The highest BCUT2D eigenvalue weighted by Crippen LogP contribution is 2.43. The van der Waals surface area contributed by atoms with Gasteiger partial charge in [-0.1, -0.05) is 31.2 Å². The maximum atomic E-state index is 13.6. The number of hydrogen-bond acceptors (Lipinski definition) is 4. The third-order valence-electron chi connectivity index (χ3n) is 6.33. The number of halogens is 3. The highest BCUT2D eigenvalue weighted by atomic mass is 32.1. The first-order valence-electron chi connectivity index (χ1n) is 10.9. The van der Waals surface area contributed by atoms with Crippen LogP contribution in [0.2, 0.25) is 0 Å². The number of thiocarbonyl (C=S) groups is 1. The van der Waals surface area contributed by atoms with Gasteiger partial charge in [-0.15, -0.1) is 0 Å². The van der Waals surface area contributed by atoms with Crippen LogP contribution in [0.15, 0.2) is 71.5 Å². The second-order valence-electron chi connectivity index (χ2n) is 9.09. The number of phenols is 1. The lowest BCUT2D eigenvalue weighted by atomic mass is 9.87. The van der Waals surface area contributed by atoms with E-state index in [1.807, 2.05) is 12.1 Å². The summed E-state index contributed by atoms with van der Waals surface area (Å²) in [6.45, 7) is 5.02. The summed E-state index contributed by atoms with van der Waals surface area (Å²) in [7, 11) is 0. The summed E-state index contributed by atoms with van der Waals surface area (Å²) in [5.74, 6) is -0.791. The number of carbonyl (C=O) groups excluding carboxylic acids is 1. The minimum Gasteiger partial charge on any atom is -0.508 e. The van der Waals surface area contributed by atoms with Crippen molar-refractivity contribution in [3.8, 4) is 22.9 Å². The number of aromatic hydroxyl groups is 1. The summed E-state index contributed by atoms with van der Waals surface area (Å²) < 4.78 is 40.9. The smallest absolute Gasteiger partial charge is 0.417 e. The van der Waals surface area contributed by atoms with Gasteiger partial charge in [0.15, 0.2) is 5.11 Å². The van der Waals surface area contributed by atoms with Crippen molar-refractivity contribution < 1.29 is 23.1 Å². The number of hydrogen-bond donors (Lipinski definition) is 1. The molecule has 2 aromatic carbocycles. The summed E-state index contributed by atoms with van der Waals surface area (Å²) >= 11 is 5.63. The van der Waals surface area contributed by atoms with Crippen molar-refractivity contribution in [3.05, 3.63) is 71.5 Å². The molecule has 1 aliphatic carbocycles. The molecule has 0 saturated carbocycles. The average Bonchev–Trinajstić information content (AvgIpc) is 2.97. The second kappa shape index (κ2) is 8.54. The van der Waals surface area contributed by atoms with Crippen molar-refractivity contribution >= 4 is 28.9 Å². The lowest BCUT2D eigenvalue weighted by Gasteiger charge is -2.30. The van der Waals surface area contributed by atoms with Crippen LogP contribution in [0.1, 0.15) is 27.2 Å². The summed E-state index contributed by atoms with van der Waals surface area (Å²) in [6, 6.07) is 15.6. The van der Waals surface area contributed by atoms with Crippen LogP contribution in [0.5, 0.6) is 5.75 Å². The molecule has 0 spiro atoms. The summed E-state index contributed by atoms with van der Waals surface area (Å²) in [6.07, 6.45) is -3.98. The van der Waals surface area contributed by atoms with E-state index in [2.05, 4.69) is 0 Å². The van der Waals surface area contributed by atoms with Crippen LogP contribution in [0, 0.1) is 17.2 Å². The molecule has 2 aromatic rings. The number of alkyl halides is 3. The zero-order valence-corrected chi connectivity index (χ0v) is 20.0. The molecule has 1 saturated heterocycles. The van der Waals surface area contributed by atoms with Gasteiger partial charge in [0.2, 0.25) is 0 Å². The Bertz CT molecular complexity index is 1300. The lowest BCUT2D eigenvalue weighted by molar-refractivity contribution is -0.128. The van der Waals surface area contributed by atoms with E-state index in [1.165, 1.54) is 4.90 Å². The molecule has 0 aromatic heterocycles. The highest BCUT2D eigenvalue weighted by Gasteiger charge is 2.52. The first kappa shape index (κ1) is 24.5. The van der Waals surface area contributed by atoms with Crippen LogP contribution in [0.4, 0.5) is 18.9 Å². The van der Waals surface area contributed by atoms with Crippen molar-refractivity contribution in [1.82, 2.24) is 4.90 Å². The van der Waals surface area contributed by atoms with Gasteiger partial charge >= 0.3 is 6.18 Å². The molecule has 2 aliphatic rings. The van der Waals surface area contributed by atoms with E-state index in [0.717, 1.165) is 17.2 Å². The Kier molecular flexibility index (Phi) is 5.97. The van der Waals surface area contributed by atoms with Crippen LogP contribution >= 0.6 is 12.2 Å². The van der Waals surface area contributed by atoms with E-state index in [1.54, 1.807) is 68.1 Å². The predicted molar refractivity (Wildman–Crippen MR) is 130 cm³/mol. The van der Waals surface area contributed by atoms with Crippen LogP contribution in [0.25, 0.3) is 11.1 Å². The maximum Gasteiger partial charge on any atom is 0.417 e. The molecule has 1 unspecified atom stereocenters. The van der Waals surface area contributed by atoms with Crippen LogP contribution in [0.3, 0.4) is 0 Å². The lowest BCUT2D eigenvalue weighted by Crippen LogP contribution is -2.44. The number of allylic oxidation sites excluding steroid dienone is 4. The maximum absolute atomic E-state index is 13.6. The normalized spacial score (nSPS) is 20.3. The van der Waals surface area contributed by atoms with Gasteiger partial charge in [0.05, 0.1) is 11.6 Å². The summed E-state index contributed by atoms with van der Waals surface area (Å²) in [5.41, 5.74) is -0.0292. The number of carbonyl (C=O) groups is 1. The molecule has 1 amide bonds. The topological polar surface area (TPSA) is 67.6 Å². The van der Waals surface area contributed by atoms with Crippen LogP contribution in [-0.2, 0) is 4.79 Å². The number of benzene rings is 2. The second-order valence-corrected chi connectivity index (χ2v) is 9.45. The molecule has 1 aliphatic heterocycles. The van der Waals surface area contributed by atoms with Crippen molar-refractivity contribution in [2.75, 3.05) is 4.90 Å².